The molecule has 2 aromatic heterocycles. The fourth-order valence-electron chi connectivity index (χ4n) is 1.66. The van der Waals surface area contributed by atoms with Gasteiger partial charge in [-0.2, -0.15) is 0 Å². The number of aromatic amines is 1. The zero-order valence-corrected chi connectivity index (χ0v) is 7.77. The van der Waals surface area contributed by atoms with E-state index in [4.69, 9.17) is 0 Å². The summed E-state index contributed by atoms with van der Waals surface area (Å²) in [6, 6.07) is 5.07. The summed E-state index contributed by atoms with van der Waals surface area (Å²) < 4.78 is 0. The van der Waals surface area contributed by atoms with Gasteiger partial charge in [-0.05, 0) is 12.1 Å². The molecule has 0 radical (unpaired) electrons. The summed E-state index contributed by atoms with van der Waals surface area (Å²) in [6.07, 6.45) is 4.91. The van der Waals surface area contributed by atoms with E-state index in [0.29, 0.717) is 10.9 Å². The molecule has 1 N–H and O–H groups in total. The molecule has 0 spiro atoms. The minimum absolute atomic E-state index is 0.0208. The molecule has 4 nitrogen and oxygen atoms in total. The van der Waals surface area contributed by atoms with Crippen molar-refractivity contribution in [1.29, 1.82) is 0 Å². The molecule has 0 aliphatic carbocycles. The molecular weight excluding hydrogens is 190 g/mol. The number of nitrogens with zero attached hydrogens (tertiary/aromatic N) is 2. The number of pyridine rings is 1. The summed E-state index contributed by atoms with van der Waals surface area (Å²) >= 11 is 0. The third-order valence-electron chi connectivity index (χ3n) is 2.36. The first kappa shape index (κ1) is 8.11. The van der Waals surface area contributed by atoms with Gasteiger partial charge in [-0.1, -0.05) is 0 Å². The van der Waals surface area contributed by atoms with Gasteiger partial charge in [-0.3, -0.25) is 14.8 Å². The first-order chi connectivity index (χ1) is 7.36. The summed E-state index contributed by atoms with van der Waals surface area (Å²) in [4.78, 5) is 23.0. The Kier molecular flexibility index (Phi) is 1.56. The van der Waals surface area contributed by atoms with Gasteiger partial charge >= 0.3 is 0 Å². The molecule has 3 aromatic rings. The van der Waals surface area contributed by atoms with E-state index in [1.54, 1.807) is 18.5 Å². The second-order valence-corrected chi connectivity index (χ2v) is 3.26. The molecule has 1 aromatic carbocycles. The molecule has 0 atom stereocenters. The third-order valence-corrected chi connectivity index (χ3v) is 2.36. The molecule has 0 aliphatic rings. The molecule has 0 saturated carbocycles. The molecule has 0 amide bonds. The highest BCUT2D eigenvalue weighted by Crippen LogP contribution is 2.16. The van der Waals surface area contributed by atoms with Gasteiger partial charge < -0.3 is 4.98 Å². The van der Waals surface area contributed by atoms with Gasteiger partial charge in [0.15, 0.2) is 5.43 Å². The molecular formula is C11H7N3O. The van der Waals surface area contributed by atoms with E-state index >= 15 is 0 Å². The van der Waals surface area contributed by atoms with E-state index < -0.39 is 0 Å². The minimum Gasteiger partial charge on any atom is -0.358 e. The predicted octanol–water partition coefficient (Wildman–Crippen LogP) is 1.47. The van der Waals surface area contributed by atoms with Crippen LogP contribution in [0.4, 0.5) is 0 Å². The number of aromatic nitrogens is 3. The Morgan fingerprint density at radius 2 is 1.87 bits per heavy atom. The summed E-state index contributed by atoms with van der Waals surface area (Å²) in [7, 11) is 0. The normalized spacial score (nSPS) is 10.9. The standard InChI is InChI=1S/C11H7N3O/c15-9-3-4-13-10-7(9)1-2-8-11(10)14-6-5-12-8/h1-6,12H. The molecule has 0 aliphatic heterocycles. The van der Waals surface area contributed by atoms with Crippen molar-refractivity contribution in [2.45, 2.75) is 0 Å². The largest absolute Gasteiger partial charge is 0.358 e. The van der Waals surface area contributed by atoms with E-state index in [-0.39, 0.29) is 5.43 Å². The Hall–Kier alpha value is -2.23. The van der Waals surface area contributed by atoms with Crippen molar-refractivity contribution in [3.63, 3.8) is 0 Å². The fraction of sp³-hybridized carbons (Fsp3) is 0. The highest BCUT2D eigenvalue weighted by Gasteiger charge is 2.04. The average molecular weight is 197 g/mol. The van der Waals surface area contributed by atoms with Gasteiger partial charge in [0.2, 0.25) is 0 Å². The monoisotopic (exact) mass is 197 g/mol. The second kappa shape index (κ2) is 2.88. The van der Waals surface area contributed by atoms with Crippen LogP contribution in [-0.2, 0) is 0 Å². The topological polar surface area (TPSA) is 58.6 Å². The molecule has 0 unspecified atom stereocenters. The Morgan fingerprint density at radius 3 is 2.80 bits per heavy atom. The smallest absolute Gasteiger partial charge is 0.189 e. The van der Waals surface area contributed by atoms with Gasteiger partial charge in [0, 0.05) is 30.0 Å². The first-order valence-electron chi connectivity index (χ1n) is 4.57. The second-order valence-electron chi connectivity index (χ2n) is 3.26. The maximum atomic E-state index is 11.5. The minimum atomic E-state index is -0.0208. The van der Waals surface area contributed by atoms with Crippen LogP contribution in [0.2, 0.25) is 0 Å². The summed E-state index contributed by atoms with van der Waals surface area (Å²) in [6.45, 7) is 0. The van der Waals surface area contributed by atoms with Crippen molar-refractivity contribution >= 4 is 21.9 Å². The lowest BCUT2D eigenvalue weighted by molar-refractivity contribution is 1.29. The number of fused-ring (bicyclic) bond motifs is 3. The maximum absolute atomic E-state index is 11.5. The quantitative estimate of drug-likeness (QED) is 0.555. The number of hydrogen-bond donors (Lipinski definition) is 1. The average Bonchev–Trinajstić information content (AvgIpc) is 2.29. The van der Waals surface area contributed by atoms with E-state index in [9.17, 15) is 4.79 Å². The summed E-state index contributed by atoms with van der Waals surface area (Å²) in [5.41, 5.74) is 2.24. The molecule has 0 saturated heterocycles. The van der Waals surface area contributed by atoms with Crippen LogP contribution in [0.15, 0.2) is 41.6 Å². The summed E-state index contributed by atoms with van der Waals surface area (Å²) in [5, 5.41) is 0.608. The van der Waals surface area contributed by atoms with E-state index in [1.807, 2.05) is 6.07 Å². The third kappa shape index (κ3) is 1.11. The van der Waals surface area contributed by atoms with E-state index in [1.165, 1.54) is 12.3 Å². The molecule has 4 heteroatoms. The van der Waals surface area contributed by atoms with Gasteiger partial charge in [0.25, 0.3) is 0 Å². The molecule has 15 heavy (non-hydrogen) atoms. The molecule has 0 fully saturated rings. The van der Waals surface area contributed by atoms with Crippen LogP contribution in [0.25, 0.3) is 21.9 Å². The Balaban J connectivity index is 2.67. The van der Waals surface area contributed by atoms with Crippen LogP contribution < -0.4 is 5.43 Å². The highest BCUT2D eigenvalue weighted by molar-refractivity contribution is 6.00. The molecule has 72 valence electrons. The van der Waals surface area contributed by atoms with Crippen LogP contribution in [0, 0.1) is 0 Å². The van der Waals surface area contributed by atoms with E-state index in [0.717, 1.165) is 11.0 Å². The van der Waals surface area contributed by atoms with Crippen molar-refractivity contribution in [2.24, 2.45) is 0 Å². The predicted molar refractivity (Wildman–Crippen MR) is 57.7 cm³/mol. The van der Waals surface area contributed by atoms with Crippen LogP contribution >= 0.6 is 0 Å². The summed E-state index contributed by atoms with van der Waals surface area (Å²) in [5.74, 6) is 0. The Bertz CT molecular complexity index is 703. The number of H-pyrrole nitrogens is 1. The van der Waals surface area contributed by atoms with Crippen molar-refractivity contribution in [1.82, 2.24) is 15.0 Å². The van der Waals surface area contributed by atoms with Gasteiger partial charge in [-0.15, -0.1) is 0 Å². The van der Waals surface area contributed by atoms with Gasteiger partial charge in [0.1, 0.15) is 11.0 Å². The van der Waals surface area contributed by atoms with Crippen molar-refractivity contribution in [3.05, 3.63) is 47.0 Å². The number of hydrogen-bond acceptors (Lipinski definition) is 3. The van der Waals surface area contributed by atoms with Crippen LogP contribution in [0.3, 0.4) is 0 Å². The lowest BCUT2D eigenvalue weighted by Crippen LogP contribution is -2.00. The van der Waals surface area contributed by atoms with Gasteiger partial charge in [-0.25, -0.2) is 0 Å². The number of benzene rings is 1. The van der Waals surface area contributed by atoms with E-state index in [2.05, 4.69) is 15.0 Å². The lowest BCUT2D eigenvalue weighted by atomic mass is 10.2. The number of rotatable bonds is 0. The van der Waals surface area contributed by atoms with Gasteiger partial charge in [0.05, 0.1) is 5.52 Å². The van der Waals surface area contributed by atoms with Crippen molar-refractivity contribution in [3.8, 4) is 0 Å². The lowest BCUT2D eigenvalue weighted by Gasteiger charge is -2.00. The van der Waals surface area contributed by atoms with Crippen molar-refractivity contribution in [2.75, 3.05) is 0 Å². The highest BCUT2D eigenvalue weighted by atomic mass is 16.1. The number of nitrogens with one attached hydrogen (secondary N) is 1. The SMILES string of the molecule is O=c1ccnc2c1ccc1[nH]ccnc12. The zero-order valence-electron chi connectivity index (χ0n) is 7.77. The first-order valence-corrected chi connectivity index (χ1v) is 4.57. The zero-order chi connectivity index (χ0) is 10.3. The molecule has 0 bridgehead atoms. The van der Waals surface area contributed by atoms with Crippen molar-refractivity contribution < 1.29 is 0 Å². The fourth-order valence-corrected chi connectivity index (χ4v) is 1.66. The Labute approximate surface area is 84.6 Å². The molecule has 3 rings (SSSR count). The van der Waals surface area contributed by atoms with Crippen LogP contribution in [0.5, 0.6) is 0 Å². The van der Waals surface area contributed by atoms with Crippen LogP contribution in [0.1, 0.15) is 0 Å². The Morgan fingerprint density at radius 1 is 1.00 bits per heavy atom. The molecule has 2 heterocycles. The maximum Gasteiger partial charge on any atom is 0.189 e. The van der Waals surface area contributed by atoms with Crippen LogP contribution in [-0.4, -0.2) is 15.0 Å².